The first-order valence-electron chi connectivity index (χ1n) is 9.76. The maximum atomic E-state index is 12.6. The van der Waals surface area contributed by atoms with Gasteiger partial charge in [-0.25, -0.2) is 4.79 Å². The highest BCUT2D eigenvalue weighted by Gasteiger charge is 2.25. The third-order valence-electron chi connectivity index (χ3n) is 3.91. The molecule has 0 heterocycles. The van der Waals surface area contributed by atoms with Gasteiger partial charge < -0.3 is 20.3 Å². The minimum atomic E-state index is -0.577. The van der Waals surface area contributed by atoms with Gasteiger partial charge in [0.2, 0.25) is 11.8 Å². The molecule has 1 rings (SSSR count). The Labute approximate surface area is 167 Å². The van der Waals surface area contributed by atoms with E-state index in [1.54, 1.807) is 44.7 Å². The minimum absolute atomic E-state index is 0.108. The molecule has 28 heavy (non-hydrogen) atoms. The zero-order valence-corrected chi connectivity index (χ0v) is 17.6. The third kappa shape index (κ3) is 8.88. The number of rotatable bonds is 9. The number of nitrogens with zero attached hydrogens (tertiary/aromatic N) is 1. The number of anilines is 1. The fraction of sp³-hybridized carbons (Fsp3) is 0.571. The number of para-hydroxylation sites is 1. The molecule has 0 saturated carbocycles. The number of amides is 3. The molecule has 2 N–H and O–H groups in total. The van der Waals surface area contributed by atoms with Gasteiger partial charge in [0.05, 0.1) is 0 Å². The molecule has 7 heteroatoms. The van der Waals surface area contributed by atoms with Crippen LogP contribution >= 0.6 is 0 Å². The molecule has 1 atom stereocenters. The van der Waals surface area contributed by atoms with E-state index in [1.165, 1.54) is 0 Å². The summed E-state index contributed by atoms with van der Waals surface area (Å²) < 4.78 is 5.16. The lowest BCUT2D eigenvalue weighted by molar-refractivity contribution is -0.138. The van der Waals surface area contributed by atoms with Crippen LogP contribution in [0.1, 0.15) is 53.9 Å². The number of hydrogen-bond donors (Lipinski definition) is 2. The first-order chi connectivity index (χ1) is 13.1. The molecule has 0 saturated heterocycles. The summed E-state index contributed by atoms with van der Waals surface area (Å²) in [5.41, 5.74) is 0.143. The van der Waals surface area contributed by atoms with Crippen molar-refractivity contribution in [3.05, 3.63) is 30.3 Å². The van der Waals surface area contributed by atoms with Crippen molar-refractivity contribution in [1.29, 1.82) is 0 Å². The van der Waals surface area contributed by atoms with Gasteiger partial charge in [0.1, 0.15) is 11.6 Å². The number of carbonyl (C=O) groups excluding carboxylic acids is 3. The predicted octanol–water partition coefficient (Wildman–Crippen LogP) is 3.56. The van der Waals surface area contributed by atoms with Crippen molar-refractivity contribution >= 4 is 23.6 Å². The first kappa shape index (κ1) is 23.5. The average molecular weight is 392 g/mol. The molecule has 0 aromatic heterocycles. The molecule has 0 aliphatic heterocycles. The van der Waals surface area contributed by atoms with E-state index in [9.17, 15) is 14.4 Å². The van der Waals surface area contributed by atoms with Gasteiger partial charge >= 0.3 is 6.09 Å². The van der Waals surface area contributed by atoms with Crippen LogP contribution in [-0.4, -0.2) is 47.5 Å². The van der Waals surface area contributed by atoms with Crippen LogP contribution in [0.2, 0.25) is 0 Å². The van der Waals surface area contributed by atoms with Gasteiger partial charge in [0.25, 0.3) is 0 Å². The summed E-state index contributed by atoms with van der Waals surface area (Å²) in [6.45, 7) is 9.91. The van der Waals surface area contributed by atoms with Crippen LogP contribution in [-0.2, 0) is 14.3 Å². The molecule has 0 radical (unpaired) electrons. The Hall–Kier alpha value is -2.57. The van der Waals surface area contributed by atoms with Gasteiger partial charge in [-0.05, 0) is 52.7 Å². The molecule has 1 aromatic rings. The molecular weight excluding hydrogens is 358 g/mol. The van der Waals surface area contributed by atoms with Crippen molar-refractivity contribution in [2.24, 2.45) is 0 Å². The van der Waals surface area contributed by atoms with Gasteiger partial charge in [-0.1, -0.05) is 25.1 Å². The molecule has 1 aromatic carbocycles. The average Bonchev–Trinajstić information content (AvgIpc) is 2.62. The summed E-state index contributed by atoms with van der Waals surface area (Å²) in [6, 6.07) is 8.58. The van der Waals surface area contributed by atoms with Crippen molar-refractivity contribution in [1.82, 2.24) is 10.2 Å². The Balaban J connectivity index is 2.51. The van der Waals surface area contributed by atoms with Crippen LogP contribution in [0.4, 0.5) is 10.5 Å². The molecule has 3 amide bonds. The topological polar surface area (TPSA) is 87.7 Å². The fourth-order valence-electron chi connectivity index (χ4n) is 2.57. The minimum Gasteiger partial charge on any atom is -0.444 e. The predicted molar refractivity (Wildman–Crippen MR) is 110 cm³/mol. The number of nitrogens with one attached hydrogen (secondary N) is 2. The summed E-state index contributed by atoms with van der Waals surface area (Å²) in [6.07, 6.45) is 0.982. The molecule has 0 aliphatic rings. The van der Waals surface area contributed by atoms with Crippen LogP contribution in [0, 0.1) is 0 Å². The normalized spacial score (nSPS) is 12.0. The van der Waals surface area contributed by atoms with E-state index >= 15 is 0 Å². The summed E-state index contributed by atoms with van der Waals surface area (Å²) in [7, 11) is 0. The summed E-state index contributed by atoms with van der Waals surface area (Å²) in [5, 5.41) is 5.47. The van der Waals surface area contributed by atoms with Gasteiger partial charge in [0.15, 0.2) is 0 Å². The molecule has 0 bridgehead atoms. The quantitative estimate of drug-likeness (QED) is 0.630. The Bertz CT molecular complexity index is 641. The lowest BCUT2D eigenvalue weighted by Gasteiger charge is -2.28. The lowest BCUT2D eigenvalue weighted by Crippen LogP contribution is -2.46. The van der Waals surface area contributed by atoms with Crippen molar-refractivity contribution in [2.75, 3.05) is 18.4 Å². The van der Waals surface area contributed by atoms with Crippen molar-refractivity contribution in [3.63, 3.8) is 0 Å². The maximum Gasteiger partial charge on any atom is 0.407 e. The highest BCUT2D eigenvalue weighted by Crippen LogP contribution is 2.11. The van der Waals surface area contributed by atoms with Crippen molar-refractivity contribution in [2.45, 2.75) is 65.5 Å². The molecule has 0 aliphatic carbocycles. The van der Waals surface area contributed by atoms with Crippen molar-refractivity contribution < 1.29 is 19.1 Å². The Morgan fingerprint density at radius 1 is 1.14 bits per heavy atom. The second-order valence-electron chi connectivity index (χ2n) is 7.65. The van der Waals surface area contributed by atoms with Crippen molar-refractivity contribution in [3.8, 4) is 0 Å². The van der Waals surface area contributed by atoms with Crippen LogP contribution in [0.25, 0.3) is 0 Å². The van der Waals surface area contributed by atoms with E-state index in [1.807, 2.05) is 25.1 Å². The monoisotopic (exact) mass is 391 g/mol. The molecular formula is C21H33N3O4. The number of carbonyl (C=O) groups is 3. The Morgan fingerprint density at radius 2 is 1.79 bits per heavy atom. The Morgan fingerprint density at radius 3 is 2.36 bits per heavy atom. The molecule has 0 fully saturated rings. The molecule has 156 valence electrons. The lowest BCUT2D eigenvalue weighted by atomic mass is 10.2. The largest absolute Gasteiger partial charge is 0.444 e. The van der Waals surface area contributed by atoms with Gasteiger partial charge in [-0.15, -0.1) is 0 Å². The molecule has 1 unspecified atom stereocenters. The van der Waals surface area contributed by atoms with E-state index in [4.69, 9.17) is 4.74 Å². The maximum absolute atomic E-state index is 12.6. The summed E-state index contributed by atoms with van der Waals surface area (Å²) >= 11 is 0. The Kier molecular flexibility index (Phi) is 9.48. The number of alkyl carbamates (subject to hydrolysis) is 1. The summed E-state index contributed by atoms with van der Waals surface area (Å²) in [5.74, 6) is -0.330. The SMILES string of the molecule is CCCN(C(=O)CCCNC(=O)OC(C)(C)C)C(C)C(=O)Nc1ccccc1. The molecule has 0 spiro atoms. The standard InChI is InChI=1S/C21H33N3O4/c1-6-15-24(16(2)19(26)23-17-11-8-7-9-12-17)18(25)13-10-14-22-20(27)28-21(3,4)5/h7-9,11-12,16H,6,10,13-15H2,1-5H3,(H,22,27)(H,23,26). The first-order valence-corrected chi connectivity index (χ1v) is 9.76. The number of ether oxygens (including phenoxy) is 1. The highest BCUT2D eigenvalue weighted by atomic mass is 16.6. The second kappa shape index (κ2) is 11.3. The molecule has 7 nitrogen and oxygen atoms in total. The van der Waals surface area contributed by atoms with E-state index in [0.717, 1.165) is 6.42 Å². The van der Waals surface area contributed by atoms with Crippen LogP contribution in [0.5, 0.6) is 0 Å². The zero-order valence-electron chi connectivity index (χ0n) is 17.6. The van der Waals surface area contributed by atoms with E-state index < -0.39 is 17.7 Å². The van der Waals surface area contributed by atoms with E-state index in [2.05, 4.69) is 10.6 Å². The zero-order chi connectivity index (χ0) is 21.2. The van der Waals surface area contributed by atoms with E-state index in [-0.39, 0.29) is 18.2 Å². The van der Waals surface area contributed by atoms with Crippen LogP contribution < -0.4 is 10.6 Å². The third-order valence-corrected chi connectivity index (χ3v) is 3.91. The van der Waals surface area contributed by atoms with Crippen LogP contribution in [0.3, 0.4) is 0 Å². The van der Waals surface area contributed by atoms with Crippen LogP contribution in [0.15, 0.2) is 30.3 Å². The smallest absolute Gasteiger partial charge is 0.407 e. The van der Waals surface area contributed by atoms with Gasteiger partial charge in [0, 0.05) is 25.2 Å². The van der Waals surface area contributed by atoms with Gasteiger partial charge in [-0.2, -0.15) is 0 Å². The van der Waals surface area contributed by atoms with Gasteiger partial charge in [-0.3, -0.25) is 9.59 Å². The summed E-state index contributed by atoms with van der Waals surface area (Å²) in [4.78, 5) is 38.3. The number of hydrogen-bond acceptors (Lipinski definition) is 4. The van der Waals surface area contributed by atoms with E-state index in [0.29, 0.717) is 25.2 Å². The highest BCUT2D eigenvalue weighted by molar-refractivity contribution is 5.96. The number of benzene rings is 1. The fourth-order valence-corrected chi connectivity index (χ4v) is 2.57. The second-order valence-corrected chi connectivity index (χ2v) is 7.65.